The predicted octanol–water partition coefficient (Wildman–Crippen LogP) is 2.81. The molecule has 22 heavy (non-hydrogen) atoms. The SMILES string of the molecule is CCc1ccc(C(=O)N2CCC[C@@H](c3noc(CC)n3)C2)o1. The number of hydrogen-bond donors (Lipinski definition) is 0. The summed E-state index contributed by atoms with van der Waals surface area (Å²) < 4.78 is 10.8. The molecule has 0 radical (unpaired) electrons. The Morgan fingerprint density at radius 2 is 2.23 bits per heavy atom. The van der Waals surface area contributed by atoms with E-state index in [1.165, 1.54) is 0 Å². The molecule has 118 valence electrons. The fourth-order valence-corrected chi connectivity index (χ4v) is 2.79. The van der Waals surface area contributed by atoms with Crippen LogP contribution in [0.25, 0.3) is 0 Å². The minimum atomic E-state index is -0.0522. The maximum atomic E-state index is 12.5. The van der Waals surface area contributed by atoms with E-state index in [9.17, 15) is 4.79 Å². The molecule has 1 atom stereocenters. The van der Waals surface area contributed by atoms with Gasteiger partial charge >= 0.3 is 0 Å². The number of aryl methyl sites for hydroxylation is 2. The number of amides is 1. The smallest absolute Gasteiger partial charge is 0.289 e. The number of likely N-dealkylation sites (tertiary alicyclic amines) is 1. The van der Waals surface area contributed by atoms with Gasteiger partial charge in [0.2, 0.25) is 5.89 Å². The lowest BCUT2D eigenvalue weighted by Crippen LogP contribution is -2.39. The molecule has 0 aliphatic carbocycles. The summed E-state index contributed by atoms with van der Waals surface area (Å²) in [4.78, 5) is 18.8. The van der Waals surface area contributed by atoms with Gasteiger partial charge in [-0.3, -0.25) is 4.79 Å². The highest BCUT2D eigenvalue weighted by atomic mass is 16.5. The molecule has 1 saturated heterocycles. The summed E-state index contributed by atoms with van der Waals surface area (Å²) in [6, 6.07) is 3.62. The number of carbonyl (C=O) groups excluding carboxylic acids is 1. The number of carbonyl (C=O) groups is 1. The van der Waals surface area contributed by atoms with Crippen molar-refractivity contribution < 1.29 is 13.7 Å². The van der Waals surface area contributed by atoms with Gasteiger partial charge in [0.05, 0.1) is 0 Å². The fourth-order valence-electron chi connectivity index (χ4n) is 2.79. The summed E-state index contributed by atoms with van der Waals surface area (Å²) in [7, 11) is 0. The van der Waals surface area contributed by atoms with Crippen molar-refractivity contribution in [1.29, 1.82) is 0 Å². The Kier molecular flexibility index (Phi) is 4.27. The zero-order valence-electron chi connectivity index (χ0n) is 13.0. The van der Waals surface area contributed by atoms with Gasteiger partial charge in [-0.1, -0.05) is 19.0 Å². The molecule has 0 aromatic carbocycles. The van der Waals surface area contributed by atoms with Crippen molar-refractivity contribution in [2.45, 2.75) is 45.4 Å². The Bertz CT molecular complexity index is 647. The van der Waals surface area contributed by atoms with Crippen molar-refractivity contribution in [3.05, 3.63) is 35.4 Å². The van der Waals surface area contributed by atoms with Gasteiger partial charge in [0, 0.05) is 31.8 Å². The van der Waals surface area contributed by atoms with E-state index in [1.54, 1.807) is 6.07 Å². The first kappa shape index (κ1) is 14.8. The zero-order valence-corrected chi connectivity index (χ0v) is 13.0. The molecule has 1 aliphatic rings. The van der Waals surface area contributed by atoms with Gasteiger partial charge in [-0.2, -0.15) is 4.98 Å². The van der Waals surface area contributed by atoms with Crippen LogP contribution in [-0.2, 0) is 12.8 Å². The highest BCUT2D eigenvalue weighted by Gasteiger charge is 2.29. The average Bonchev–Trinajstić information content (AvgIpc) is 3.23. The third kappa shape index (κ3) is 2.91. The van der Waals surface area contributed by atoms with Crippen LogP contribution in [0.15, 0.2) is 21.1 Å². The van der Waals surface area contributed by atoms with Gasteiger partial charge in [-0.15, -0.1) is 0 Å². The molecule has 3 rings (SSSR count). The summed E-state index contributed by atoms with van der Waals surface area (Å²) in [6.07, 6.45) is 3.44. The van der Waals surface area contributed by atoms with E-state index < -0.39 is 0 Å². The maximum absolute atomic E-state index is 12.5. The number of rotatable bonds is 4. The van der Waals surface area contributed by atoms with Crippen LogP contribution < -0.4 is 0 Å². The van der Waals surface area contributed by atoms with Crippen molar-refractivity contribution in [3.63, 3.8) is 0 Å². The summed E-state index contributed by atoms with van der Waals surface area (Å²) in [6.45, 7) is 5.35. The predicted molar refractivity (Wildman–Crippen MR) is 79.6 cm³/mol. The van der Waals surface area contributed by atoms with Gasteiger partial charge in [0.25, 0.3) is 5.91 Å². The molecule has 2 aromatic rings. The lowest BCUT2D eigenvalue weighted by molar-refractivity contribution is 0.0669. The summed E-state index contributed by atoms with van der Waals surface area (Å²) in [5, 5.41) is 4.05. The van der Waals surface area contributed by atoms with E-state index in [0.29, 0.717) is 24.0 Å². The first-order chi connectivity index (χ1) is 10.7. The molecule has 1 fully saturated rings. The Hall–Kier alpha value is -2.11. The van der Waals surface area contributed by atoms with E-state index in [0.717, 1.165) is 38.0 Å². The molecule has 0 saturated carbocycles. The monoisotopic (exact) mass is 303 g/mol. The van der Waals surface area contributed by atoms with Gasteiger partial charge in [-0.25, -0.2) is 0 Å². The number of piperidine rings is 1. The minimum absolute atomic E-state index is 0.0522. The molecule has 6 heteroatoms. The average molecular weight is 303 g/mol. The lowest BCUT2D eigenvalue weighted by atomic mass is 9.97. The van der Waals surface area contributed by atoms with Gasteiger partial charge in [0.1, 0.15) is 5.76 Å². The molecule has 0 bridgehead atoms. The molecular weight excluding hydrogens is 282 g/mol. The highest BCUT2D eigenvalue weighted by molar-refractivity contribution is 5.91. The molecule has 0 N–H and O–H groups in total. The van der Waals surface area contributed by atoms with Crippen molar-refractivity contribution in [2.75, 3.05) is 13.1 Å². The Morgan fingerprint density at radius 3 is 2.91 bits per heavy atom. The van der Waals surface area contributed by atoms with E-state index >= 15 is 0 Å². The third-order valence-corrected chi connectivity index (χ3v) is 4.08. The van der Waals surface area contributed by atoms with Gasteiger partial charge in [0.15, 0.2) is 11.6 Å². The second-order valence-corrected chi connectivity index (χ2v) is 5.61. The third-order valence-electron chi connectivity index (χ3n) is 4.08. The summed E-state index contributed by atoms with van der Waals surface area (Å²) in [5.74, 6) is 2.70. The molecule has 1 amide bonds. The Balaban J connectivity index is 1.70. The summed E-state index contributed by atoms with van der Waals surface area (Å²) >= 11 is 0. The van der Waals surface area contributed by atoms with Crippen LogP contribution in [0.2, 0.25) is 0 Å². The standard InChI is InChI=1S/C16H21N3O3/c1-3-12-7-8-13(21-12)16(20)19-9-5-6-11(10-19)15-17-14(4-2)22-18-15/h7-8,11H,3-6,9-10H2,1-2H3/t11-/m1/s1. The van der Waals surface area contributed by atoms with E-state index in [-0.39, 0.29) is 11.8 Å². The van der Waals surface area contributed by atoms with Crippen LogP contribution in [0.5, 0.6) is 0 Å². The molecule has 6 nitrogen and oxygen atoms in total. The number of aromatic nitrogens is 2. The Labute approximate surface area is 129 Å². The van der Waals surface area contributed by atoms with E-state index in [4.69, 9.17) is 8.94 Å². The first-order valence-electron chi connectivity index (χ1n) is 7.91. The number of nitrogens with zero attached hydrogens (tertiary/aromatic N) is 3. The van der Waals surface area contributed by atoms with Crippen LogP contribution in [0.4, 0.5) is 0 Å². The molecule has 2 aromatic heterocycles. The van der Waals surface area contributed by atoms with Crippen LogP contribution in [0.3, 0.4) is 0 Å². The van der Waals surface area contributed by atoms with Gasteiger partial charge < -0.3 is 13.8 Å². The second-order valence-electron chi connectivity index (χ2n) is 5.61. The highest BCUT2D eigenvalue weighted by Crippen LogP contribution is 2.26. The molecule has 0 spiro atoms. The largest absolute Gasteiger partial charge is 0.456 e. The van der Waals surface area contributed by atoms with E-state index in [2.05, 4.69) is 10.1 Å². The van der Waals surface area contributed by atoms with Gasteiger partial charge in [-0.05, 0) is 25.0 Å². The number of hydrogen-bond acceptors (Lipinski definition) is 5. The zero-order chi connectivity index (χ0) is 15.5. The van der Waals surface area contributed by atoms with E-state index in [1.807, 2.05) is 24.8 Å². The molecule has 0 unspecified atom stereocenters. The van der Waals surface area contributed by atoms with Crippen LogP contribution in [0.1, 0.15) is 60.6 Å². The molecular formula is C16H21N3O3. The topological polar surface area (TPSA) is 72.4 Å². The van der Waals surface area contributed by atoms with Crippen LogP contribution >= 0.6 is 0 Å². The second kappa shape index (κ2) is 6.34. The minimum Gasteiger partial charge on any atom is -0.456 e. The first-order valence-corrected chi connectivity index (χ1v) is 7.91. The molecule has 3 heterocycles. The maximum Gasteiger partial charge on any atom is 0.289 e. The van der Waals surface area contributed by atoms with Crippen LogP contribution in [-0.4, -0.2) is 34.0 Å². The number of furan rings is 1. The van der Waals surface area contributed by atoms with Crippen molar-refractivity contribution >= 4 is 5.91 Å². The fraction of sp³-hybridized carbons (Fsp3) is 0.562. The van der Waals surface area contributed by atoms with Crippen LogP contribution in [0, 0.1) is 0 Å². The Morgan fingerprint density at radius 1 is 1.36 bits per heavy atom. The normalized spacial score (nSPS) is 18.6. The van der Waals surface area contributed by atoms with Crippen molar-refractivity contribution in [3.8, 4) is 0 Å². The van der Waals surface area contributed by atoms with Crippen molar-refractivity contribution in [2.24, 2.45) is 0 Å². The lowest BCUT2D eigenvalue weighted by Gasteiger charge is -2.30. The summed E-state index contributed by atoms with van der Waals surface area (Å²) in [5.41, 5.74) is 0. The van der Waals surface area contributed by atoms with Crippen molar-refractivity contribution in [1.82, 2.24) is 15.0 Å². The quantitative estimate of drug-likeness (QED) is 0.868. The molecule has 1 aliphatic heterocycles.